The number of aromatic nitrogens is 1. The second-order valence-electron chi connectivity index (χ2n) is 5.95. The number of benzene rings is 2. The summed E-state index contributed by atoms with van der Waals surface area (Å²) < 4.78 is 38.4. The molecule has 138 valence electrons. The molecule has 1 heterocycles. The predicted octanol–water partition coefficient (Wildman–Crippen LogP) is 5.40. The highest BCUT2D eigenvalue weighted by atomic mass is 19.4. The molecule has 27 heavy (non-hydrogen) atoms. The van der Waals surface area contributed by atoms with Gasteiger partial charge in [-0.05, 0) is 49.4 Å². The number of hydrogen-bond donors (Lipinski definition) is 2. The third-order valence-corrected chi connectivity index (χ3v) is 3.79. The van der Waals surface area contributed by atoms with Gasteiger partial charge in [0.25, 0.3) is 5.91 Å². The van der Waals surface area contributed by atoms with Gasteiger partial charge in [-0.3, -0.25) is 4.79 Å². The van der Waals surface area contributed by atoms with Gasteiger partial charge >= 0.3 is 6.18 Å². The summed E-state index contributed by atoms with van der Waals surface area (Å²) in [7, 11) is 0. The third kappa shape index (κ3) is 4.84. The quantitative estimate of drug-likeness (QED) is 0.645. The molecule has 0 spiro atoms. The molecular formula is C20H16F3N3O. The van der Waals surface area contributed by atoms with Crippen molar-refractivity contribution in [3.63, 3.8) is 0 Å². The van der Waals surface area contributed by atoms with Crippen LogP contribution in [0.25, 0.3) is 0 Å². The van der Waals surface area contributed by atoms with Crippen LogP contribution in [0.2, 0.25) is 0 Å². The Kier molecular flexibility index (Phi) is 5.12. The maximum Gasteiger partial charge on any atom is 0.416 e. The minimum absolute atomic E-state index is 0.230. The van der Waals surface area contributed by atoms with E-state index in [4.69, 9.17) is 0 Å². The van der Waals surface area contributed by atoms with Gasteiger partial charge in [0.1, 0.15) is 5.82 Å². The summed E-state index contributed by atoms with van der Waals surface area (Å²) in [5, 5.41) is 5.55. The van der Waals surface area contributed by atoms with Crippen LogP contribution in [0.5, 0.6) is 0 Å². The molecule has 0 unspecified atom stereocenters. The maximum atomic E-state index is 12.8. The zero-order valence-electron chi connectivity index (χ0n) is 14.3. The Morgan fingerprint density at radius 1 is 0.963 bits per heavy atom. The van der Waals surface area contributed by atoms with Crippen molar-refractivity contribution in [2.75, 3.05) is 10.6 Å². The number of anilines is 3. The summed E-state index contributed by atoms with van der Waals surface area (Å²) in [5.74, 6) is -0.0702. The van der Waals surface area contributed by atoms with Crippen molar-refractivity contribution in [3.05, 3.63) is 83.6 Å². The number of carbonyl (C=O) groups is 1. The molecule has 0 aliphatic heterocycles. The van der Waals surface area contributed by atoms with E-state index < -0.39 is 11.7 Å². The molecule has 0 saturated heterocycles. The second-order valence-corrected chi connectivity index (χ2v) is 5.95. The molecule has 3 rings (SSSR count). The molecule has 2 N–H and O–H groups in total. The highest BCUT2D eigenvalue weighted by molar-refractivity contribution is 6.04. The number of halogens is 3. The molecule has 2 aromatic carbocycles. The summed E-state index contributed by atoms with van der Waals surface area (Å²) in [6.07, 6.45) is -3.01. The number of amides is 1. The Bertz CT molecular complexity index is 953. The lowest BCUT2D eigenvalue weighted by Crippen LogP contribution is -2.12. The number of pyridine rings is 1. The standard InChI is InChI=1S/C20H16F3N3O/c1-13-5-7-16(8-6-13)26-19(27)14-9-10-24-18(11-14)25-17-4-2-3-15(12-17)20(21,22)23/h2-12H,1H3,(H,24,25)(H,26,27). The Labute approximate surface area is 154 Å². The van der Waals surface area contributed by atoms with Crippen LogP contribution in [0, 0.1) is 6.92 Å². The van der Waals surface area contributed by atoms with Gasteiger partial charge in [-0.1, -0.05) is 23.8 Å². The fourth-order valence-electron chi connectivity index (χ4n) is 2.40. The van der Waals surface area contributed by atoms with Crippen molar-refractivity contribution in [1.29, 1.82) is 0 Å². The molecule has 0 radical (unpaired) electrons. The molecule has 0 atom stereocenters. The van der Waals surface area contributed by atoms with Crippen LogP contribution in [-0.2, 0) is 6.18 Å². The first-order valence-electron chi connectivity index (χ1n) is 8.09. The van der Waals surface area contributed by atoms with E-state index >= 15 is 0 Å². The number of rotatable bonds is 4. The first kappa shape index (κ1) is 18.4. The highest BCUT2D eigenvalue weighted by Gasteiger charge is 2.30. The topological polar surface area (TPSA) is 54.0 Å². The Morgan fingerprint density at radius 3 is 2.41 bits per heavy atom. The van der Waals surface area contributed by atoms with Crippen LogP contribution >= 0.6 is 0 Å². The smallest absolute Gasteiger partial charge is 0.340 e. The molecule has 4 nitrogen and oxygen atoms in total. The fourth-order valence-corrected chi connectivity index (χ4v) is 2.40. The van der Waals surface area contributed by atoms with Crippen molar-refractivity contribution in [2.24, 2.45) is 0 Å². The average molecular weight is 371 g/mol. The minimum atomic E-state index is -4.43. The molecule has 0 fully saturated rings. The largest absolute Gasteiger partial charge is 0.416 e. The van der Waals surface area contributed by atoms with Crippen LogP contribution in [0.1, 0.15) is 21.5 Å². The van der Waals surface area contributed by atoms with Gasteiger partial charge in [-0.25, -0.2) is 4.98 Å². The molecule has 1 amide bonds. The van der Waals surface area contributed by atoms with Gasteiger partial charge in [-0.2, -0.15) is 13.2 Å². The number of alkyl halides is 3. The van der Waals surface area contributed by atoms with E-state index in [1.54, 1.807) is 12.1 Å². The first-order valence-corrected chi connectivity index (χ1v) is 8.09. The number of nitrogens with zero attached hydrogens (tertiary/aromatic N) is 1. The van der Waals surface area contributed by atoms with Gasteiger partial charge < -0.3 is 10.6 Å². The predicted molar refractivity (Wildman–Crippen MR) is 98.1 cm³/mol. The molecule has 0 saturated carbocycles. The Hall–Kier alpha value is -3.35. The van der Waals surface area contributed by atoms with E-state index in [0.717, 1.165) is 17.7 Å². The van der Waals surface area contributed by atoms with E-state index in [2.05, 4.69) is 15.6 Å². The van der Waals surface area contributed by atoms with E-state index in [9.17, 15) is 18.0 Å². The SMILES string of the molecule is Cc1ccc(NC(=O)c2ccnc(Nc3cccc(C(F)(F)F)c3)c2)cc1. The van der Waals surface area contributed by atoms with E-state index in [1.807, 2.05) is 19.1 Å². The molecule has 3 aromatic rings. The van der Waals surface area contributed by atoms with Gasteiger partial charge in [0.2, 0.25) is 0 Å². The molecule has 0 aliphatic carbocycles. The zero-order chi connectivity index (χ0) is 19.4. The lowest BCUT2D eigenvalue weighted by atomic mass is 10.2. The Balaban J connectivity index is 1.75. The number of aryl methyl sites for hydroxylation is 1. The van der Waals surface area contributed by atoms with Crippen LogP contribution in [0.3, 0.4) is 0 Å². The van der Waals surface area contributed by atoms with Crippen molar-refractivity contribution in [3.8, 4) is 0 Å². The van der Waals surface area contributed by atoms with Crippen molar-refractivity contribution < 1.29 is 18.0 Å². The summed E-state index contributed by atoms with van der Waals surface area (Å²) in [6.45, 7) is 1.94. The summed E-state index contributed by atoms with van der Waals surface area (Å²) in [4.78, 5) is 16.4. The Morgan fingerprint density at radius 2 is 1.70 bits per heavy atom. The van der Waals surface area contributed by atoms with E-state index in [-0.39, 0.29) is 17.4 Å². The number of carbonyl (C=O) groups excluding carboxylic acids is 1. The summed E-state index contributed by atoms with van der Waals surface area (Å²) in [6, 6.07) is 15.1. The molecule has 7 heteroatoms. The van der Waals surface area contributed by atoms with Gasteiger partial charge in [0.15, 0.2) is 0 Å². The molecule has 0 bridgehead atoms. The molecule has 0 aliphatic rings. The zero-order valence-corrected chi connectivity index (χ0v) is 14.3. The lowest BCUT2D eigenvalue weighted by molar-refractivity contribution is -0.137. The van der Waals surface area contributed by atoms with Crippen molar-refractivity contribution in [1.82, 2.24) is 4.98 Å². The third-order valence-electron chi connectivity index (χ3n) is 3.79. The number of nitrogens with one attached hydrogen (secondary N) is 2. The molecule has 1 aromatic heterocycles. The first-order chi connectivity index (χ1) is 12.8. The second kappa shape index (κ2) is 7.49. The van der Waals surface area contributed by atoms with E-state index in [0.29, 0.717) is 11.3 Å². The van der Waals surface area contributed by atoms with E-state index in [1.165, 1.54) is 30.5 Å². The highest BCUT2D eigenvalue weighted by Crippen LogP contribution is 2.31. The summed E-state index contributed by atoms with van der Waals surface area (Å²) >= 11 is 0. The van der Waals surface area contributed by atoms with Gasteiger partial charge in [0.05, 0.1) is 5.56 Å². The minimum Gasteiger partial charge on any atom is -0.340 e. The monoisotopic (exact) mass is 371 g/mol. The maximum absolute atomic E-state index is 12.8. The van der Waals surface area contributed by atoms with Gasteiger partial charge in [0, 0.05) is 23.1 Å². The normalized spacial score (nSPS) is 11.1. The summed E-state index contributed by atoms with van der Waals surface area (Å²) in [5.41, 5.74) is 1.52. The average Bonchev–Trinajstić information content (AvgIpc) is 2.63. The number of hydrogen-bond acceptors (Lipinski definition) is 3. The van der Waals surface area contributed by atoms with Crippen LogP contribution in [-0.4, -0.2) is 10.9 Å². The fraction of sp³-hybridized carbons (Fsp3) is 0.100. The van der Waals surface area contributed by atoms with Crippen molar-refractivity contribution >= 4 is 23.1 Å². The van der Waals surface area contributed by atoms with Crippen LogP contribution in [0.15, 0.2) is 66.9 Å². The van der Waals surface area contributed by atoms with Gasteiger partial charge in [-0.15, -0.1) is 0 Å². The van der Waals surface area contributed by atoms with Crippen LogP contribution in [0.4, 0.5) is 30.4 Å². The van der Waals surface area contributed by atoms with Crippen LogP contribution < -0.4 is 10.6 Å². The molecular weight excluding hydrogens is 355 g/mol. The van der Waals surface area contributed by atoms with Crippen molar-refractivity contribution in [2.45, 2.75) is 13.1 Å². The lowest BCUT2D eigenvalue weighted by Gasteiger charge is -2.11.